The van der Waals surface area contributed by atoms with E-state index in [0.717, 1.165) is 21.3 Å². The number of anilines is 1. The Kier molecular flexibility index (Phi) is 16.4. The highest BCUT2D eigenvalue weighted by Gasteiger charge is 2.51. The lowest BCUT2D eigenvalue weighted by Gasteiger charge is -2.39. The largest absolute Gasteiger partial charge is 0.497 e. The van der Waals surface area contributed by atoms with E-state index in [1.54, 1.807) is 38.5 Å². The number of halogens is 1. The van der Waals surface area contributed by atoms with Crippen LogP contribution in [0.1, 0.15) is 57.0 Å². The van der Waals surface area contributed by atoms with Crippen molar-refractivity contribution < 1.29 is 41.9 Å². The van der Waals surface area contributed by atoms with Crippen LogP contribution >= 0.6 is 8.53 Å². The van der Waals surface area contributed by atoms with Gasteiger partial charge in [0.15, 0.2) is 19.0 Å². The van der Waals surface area contributed by atoms with Crippen LogP contribution in [0.3, 0.4) is 0 Å². The normalized spacial score (nSPS) is 18.0. The maximum atomic E-state index is 17.4. The number of carbonyl (C=O) groups excluding carboxylic acids is 1. The SMILES string of the molecule is C#CCCOP(OC1C(COC(c2ccccc2)(c2ccc(OC)cc2)c2ccc(OC)cc2)OC(n2ccc(NC(=O)COc3ccccc3)nc2=O)C1F)N(C(C)C)C(C)C. The Balaban J connectivity index is 1.38. The maximum Gasteiger partial charge on any atom is 0.351 e. The summed E-state index contributed by atoms with van der Waals surface area (Å²) in [6.07, 6.45) is 1.39. The van der Waals surface area contributed by atoms with Crippen LogP contribution in [0.5, 0.6) is 17.2 Å². The summed E-state index contributed by atoms with van der Waals surface area (Å²) in [4.78, 5) is 30.4. The Bertz CT molecular complexity index is 2260. The van der Waals surface area contributed by atoms with Crippen molar-refractivity contribution in [2.24, 2.45) is 0 Å². The van der Waals surface area contributed by atoms with E-state index in [9.17, 15) is 9.59 Å². The van der Waals surface area contributed by atoms with Crippen LogP contribution in [-0.4, -0.2) is 84.6 Å². The standard InChI is InChI=1S/C48H54FN4O9P/c1-8-9-30-60-63(53(33(2)3)34(4)5)62-45-41(61-46(44(45)49)52-29-28-42(51-47(52)55)50-43(54)32-58-40-18-14-11-15-19-40)31-59-48(35-16-12-10-13-17-35,36-20-24-38(56-6)25-21-36)37-22-26-39(57-7)27-23-37/h1,10-29,33-34,41,44-46H,9,30-32H2,2-7H3,(H,50,51,54,55). The number of nitrogens with zero attached hydrogens (tertiary/aromatic N) is 3. The van der Waals surface area contributed by atoms with Gasteiger partial charge in [0.05, 0.1) is 27.4 Å². The molecular formula is C48H54FN4O9P. The lowest BCUT2D eigenvalue weighted by molar-refractivity contribution is -0.118. The third-order valence-electron chi connectivity index (χ3n) is 10.3. The van der Waals surface area contributed by atoms with Gasteiger partial charge >= 0.3 is 5.69 Å². The summed E-state index contributed by atoms with van der Waals surface area (Å²) in [6.45, 7) is 7.64. The van der Waals surface area contributed by atoms with Crippen molar-refractivity contribution in [2.45, 2.75) is 76.4 Å². The number of benzene rings is 4. The Morgan fingerprint density at radius 2 is 1.44 bits per heavy atom. The van der Waals surface area contributed by atoms with Crippen molar-refractivity contribution in [1.29, 1.82) is 0 Å². The molecule has 1 aliphatic rings. The fourth-order valence-electron chi connectivity index (χ4n) is 7.39. The number of aromatic nitrogens is 2. The number of ether oxygens (including phenoxy) is 5. The van der Waals surface area contributed by atoms with Gasteiger partial charge in [0.2, 0.25) is 0 Å². The molecular weight excluding hydrogens is 827 g/mol. The van der Waals surface area contributed by atoms with Gasteiger partial charge in [-0.3, -0.25) is 9.36 Å². The van der Waals surface area contributed by atoms with Gasteiger partial charge in [-0.25, -0.2) is 13.9 Å². The second-order valence-corrected chi connectivity index (χ2v) is 16.5. The van der Waals surface area contributed by atoms with Gasteiger partial charge in [-0.1, -0.05) is 72.8 Å². The highest BCUT2D eigenvalue weighted by Crippen LogP contribution is 2.51. The van der Waals surface area contributed by atoms with Gasteiger partial charge in [0.1, 0.15) is 40.9 Å². The molecule has 0 spiro atoms. The van der Waals surface area contributed by atoms with Gasteiger partial charge in [0.25, 0.3) is 14.4 Å². The number of para-hydroxylation sites is 1. The predicted octanol–water partition coefficient (Wildman–Crippen LogP) is 8.29. The third-order valence-corrected chi connectivity index (χ3v) is 12.4. The van der Waals surface area contributed by atoms with Crippen LogP contribution in [0, 0.1) is 12.3 Å². The fraction of sp³-hybridized carbons (Fsp3) is 0.354. The molecule has 2 heterocycles. The second kappa shape index (κ2) is 22.1. The smallest absolute Gasteiger partial charge is 0.351 e. The molecule has 1 aliphatic heterocycles. The summed E-state index contributed by atoms with van der Waals surface area (Å²) in [5.41, 5.74) is 0.138. The van der Waals surface area contributed by atoms with Crippen LogP contribution in [-0.2, 0) is 28.9 Å². The number of hydrogen-bond acceptors (Lipinski definition) is 11. The molecule has 6 rings (SSSR count). The molecule has 0 saturated carbocycles. The molecule has 63 heavy (non-hydrogen) atoms. The molecule has 4 aromatic carbocycles. The topological polar surface area (TPSA) is 132 Å². The van der Waals surface area contributed by atoms with Gasteiger partial charge in [0, 0.05) is 24.7 Å². The van der Waals surface area contributed by atoms with Crippen LogP contribution in [0.25, 0.3) is 0 Å². The van der Waals surface area contributed by atoms with E-state index in [1.165, 1.54) is 12.3 Å². The molecule has 0 bridgehead atoms. The number of hydrogen-bond donors (Lipinski definition) is 1. The molecule has 1 N–H and O–H groups in total. The number of nitrogens with one attached hydrogen (secondary N) is 1. The van der Waals surface area contributed by atoms with Crippen molar-refractivity contribution in [1.82, 2.24) is 14.2 Å². The molecule has 13 nitrogen and oxygen atoms in total. The number of rotatable bonds is 21. The summed E-state index contributed by atoms with van der Waals surface area (Å²) in [6, 6.07) is 34.8. The molecule has 1 aromatic heterocycles. The summed E-state index contributed by atoms with van der Waals surface area (Å²) in [5.74, 6) is 3.81. The van der Waals surface area contributed by atoms with Crippen LogP contribution in [0.2, 0.25) is 0 Å². The van der Waals surface area contributed by atoms with E-state index in [2.05, 4.69) is 16.2 Å². The molecule has 5 atom stereocenters. The molecule has 1 amide bonds. The van der Waals surface area contributed by atoms with Crippen LogP contribution in [0.15, 0.2) is 126 Å². The zero-order valence-corrected chi connectivity index (χ0v) is 37.2. The zero-order chi connectivity index (χ0) is 44.9. The maximum absolute atomic E-state index is 17.4. The lowest BCUT2D eigenvalue weighted by Crippen LogP contribution is -2.41. The van der Waals surface area contributed by atoms with Crippen molar-refractivity contribution in [3.63, 3.8) is 0 Å². The number of amides is 1. The van der Waals surface area contributed by atoms with E-state index in [0.29, 0.717) is 23.7 Å². The average molecular weight is 881 g/mol. The first-order valence-corrected chi connectivity index (χ1v) is 21.8. The monoisotopic (exact) mass is 880 g/mol. The number of alkyl halides is 1. The first-order chi connectivity index (χ1) is 30.5. The minimum absolute atomic E-state index is 0.0411. The Morgan fingerprint density at radius 3 is 1.98 bits per heavy atom. The Hall–Kier alpha value is -5.65. The molecule has 15 heteroatoms. The van der Waals surface area contributed by atoms with Gasteiger partial charge in [-0.15, -0.1) is 12.3 Å². The Labute approximate surface area is 369 Å². The third kappa shape index (κ3) is 11.3. The number of terminal acetylenes is 1. The van der Waals surface area contributed by atoms with Gasteiger partial charge in [-0.05, 0) is 86.8 Å². The van der Waals surface area contributed by atoms with Crippen LogP contribution in [0.4, 0.5) is 10.2 Å². The average Bonchev–Trinajstić information content (AvgIpc) is 3.60. The van der Waals surface area contributed by atoms with E-state index >= 15 is 4.39 Å². The molecule has 5 aromatic rings. The minimum Gasteiger partial charge on any atom is -0.497 e. The van der Waals surface area contributed by atoms with Crippen molar-refractivity contribution in [3.05, 3.63) is 149 Å². The van der Waals surface area contributed by atoms with E-state index in [-0.39, 0.29) is 37.7 Å². The Morgan fingerprint density at radius 1 is 0.873 bits per heavy atom. The predicted molar refractivity (Wildman–Crippen MR) is 239 cm³/mol. The molecule has 332 valence electrons. The molecule has 0 radical (unpaired) electrons. The molecule has 5 unspecified atom stereocenters. The summed E-state index contributed by atoms with van der Waals surface area (Å²) in [7, 11) is 1.27. The first-order valence-electron chi connectivity index (χ1n) is 20.7. The van der Waals surface area contributed by atoms with Crippen molar-refractivity contribution in [3.8, 4) is 29.6 Å². The van der Waals surface area contributed by atoms with Crippen molar-refractivity contribution >= 4 is 20.3 Å². The second-order valence-electron chi connectivity index (χ2n) is 15.1. The highest BCUT2D eigenvalue weighted by molar-refractivity contribution is 7.44. The quantitative estimate of drug-likeness (QED) is 0.0331. The minimum atomic E-state index is -1.92. The fourth-order valence-corrected chi connectivity index (χ4v) is 9.16. The summed E-state index contributed by atoms with van der Waals surface area (Å²) >= 11 is 0. The summed E-state index contributed by atoms with van der Waals surface area (Å²) in [5, 5.41) is 2.56. The highest BCUT2D eigenvalue weighted by atomic mass is 31.2. The summed E-state index contributed by atoms with van der Waals surface area (Å²) < 4.78 is 63.7. The first kappa shape index (κ1) is 46.8. The number of carbonyl (C=O) groups is 1. The van der Waals surface area contributed by atoms with Gasteiger partial charge < -0.3 is 38.0 Å². The van der Waals surface area contributed by atoms with E-state index in [4.69, 9.17) is 39.2 Å². The van der Waals surface area contributed by atoms with E-state index < -0.39 is 50.3 Å². The lowest BCUT2D eigenvalue weighted by atomic mass is 9.80. The molecule has 0 aliphatic carbocycles. The molecule has 1 saturated heterocycles. The van der Waals surface area contributed by atoms with Crippen molar-refractivity contribution in [2.75, 3.05) is 39.4 Å². The molecule has 1 fully saturated rings. The zero-order valence-electron chi connectivity index (χ0n) is 36.3. The number of methoxy groups -OCH3 is 2. The van der Waals surface area contributed by atoms with Crippen LogP contribution < -0.4 is 25.2 Å². The van der Waals surface area contributed by atoms with E-state index in [1.807, 2.05) is 117 Å². The van der Waals surface area contributed by atoms with Gasteiger partial charge in [-0.2, -0.15) is 4.98 Å².